The van der Waals surface area contributed by atoms with Crippen LogP contribution in [0.2, 0.25) is 0 Å². The molecular formula is C40H8Br4N8O4S6. The quantitative estimate of drug-likeness (QED) is 0.137. The fraction of sp³-hybridized carbons (Fsp3) is 0. The number of nitrogens with zero attached hydrogens (tertiary/aromatic N) is 8. The van der Waals surface area contributed by atoms with Crippen LogP contribution in [0.1, 0.15) is 0 Å². The maximum absolute atomic E-state index is 13.7. The summed E-state index contributed by atoms with van der Waals surface area (Å²) in [4.78, 5) is 76.5. The fourth-order valence-electron chi connectivity index (χ4n) is 9.22. The Morgan fingerprint density at radius 2 is 0.806 bits per heavy atom. The standard InChI is InChI=1S/2C20H4Br2N4O2S3/c21-7-3-29-17-11(7)25-15(23-17)5-1-2-6-10-9(5)14(20(25)28)31-13(10)16-24-18-12(8(22)4-30-18)26(16)19(6)27;21-9-3-7-17(29-9)23-15-5-1-2-6-12-11(5)14(20(28)25(7)15)31-13(12)16-24-18-8(4-10(22)30-18)26(16)19(6)27/h2*1-4H. The van der Waals surface area contributed by atoms with Crippen LogP contribution in [0.15, 0.2) is 82.9 Å². The first-order chi connectivity index (χ1) is 30.0. The Hall–Kier alpha value is -4.36. The van der Waals surface area contributed by atoms with Gasteiger partial charge >= 0.3 is 0 Å². The highest BCUT2D eigenvalue weighted by Gasteiger charge is 2.28. The molecule has 12 nitrogen and oxygen atoms in total. The Kier molecular flexibility index (Phi) is 6.89. The largest absolute Gasteiger partial charge is 0.274 e. The lowest BCUT2D eigenvalue weighted by molar-refractivity contribution is 1.19. The molecule has 0 fully saturated rings. The number of halogens is 4. The SMILES string of the molecule is O=c1c2sc3c4c(ccc(c24)c2nc4sc(Br)cc4n12)c(=O)n1c2cc(Br)sc2nc31.O=c1c2sc3c4c(ccc(c24)c2nc4scc(Br)c4n12)c(=O)n1c3nc2scc(Br)c21. The zero-order chi connectivity index (χ0) is 41.5. The number of benzene rings is 2. The van der Waals surface area contributed by atoms with Crippen molar-refractivity contribution in [1.82, 2.24) is 37.5 Å². The molecule has 0 unspecified atom stereocenters. The molecule has 0 N–H and O–H groups in total. The maximum atomic E-state index is 13.7. The second-order valence-corrected chi connectivity index (χ2v) is 24.9. The van der Waals surface area contributed by atoms with Gasteiger partial charge in [-0.15, -0.1) is 68.0 Å². The highest BCUT2D eigenvalue weighted by Crippen LogP contribution is 2.45. The minimum absolute atomic E-state index is 0.106. The molecule has 0 aliphatic rings. The van der Waals surface area contributed by atoms with Gasteiger partial charge < -0.3 is 0 Å². The summed E-state index contributed by atoms with van der Waals surface area (Å²) in [5.41, 5.74) is 5.18. The maximum Gasteiger partial charge on any atom is 0.274 e. The average molecular weight is 1180 g/mol. The summed E-state index contributed by atoms with van der Waals surface area (Å²) in [6.07, 6.45) is 0. The minimum atomic E-state index is -0.120. The number of thiophene rings is 6. The van der Waals surface area contributed by atoms with Gasteiger partial charge in [0.2, 0.25) is 0 Å². The average Bonchev–Trinajstić information content (AvgIpc) is 4.10. The van der Waals surface area contributed by atoms with E-state index in [0.29, 0.717) is 42.8 Å². The summed E-state index contributed by atoms with van der Waals surface area (Å²) in [6.45, 7) is 0. The molecule has 22 heteroatoms. The number of pyridine rings is 4. The molecule has 2 aromatic carbocycles. The molecule has 0 amide bonds. The van der Waals surface area contributed by atoms with E-state index in [-0.39, 0.29) is 22.2 Å². The fourth-order valence-corrected chi connectivity index (χ4v) is 17.6. The summed E-state index contributed by atoms with van der Waals surface area (Å²) < 4.78 is 13.3. The highest BCUT2D eigenvalue weighted by molar-refractivity contribution is 9.11. The number of hydrogen-bond acceptors (Lipinski definition) is 14. The number of fused-ring (bicyclic) bond motifs is 16. The van der Waals surface area contributed by atoms with Crippen molar-refractivity contribution in [3.05, 3.63) is 105 Å². The molecule has 14 heterocycles. The Balaban J connectivity index is 0.000000116. The lowest BCUT2D eigenvalue weighted by Gasteiger charge is -2.05. The second kappa shape index (κ2) is 11.9. The number of aromatic nitrogens is 8. The number of rotatable bonds is 0. The second-order valence-electron chi connectivity index (χ2n) is 14.6. The van der Waals surface area contributed by atoms with Gasteiger partial charge in [-0.05, 0) is 100 Å². The predicted molar refractivity (Wildman–Crippen MR) is 271 cm³/mol. The molecule has 0 bridgehead atoms. The molecule has 14 aromatic heterocycles. The van der Waals surface area contributed by atoms with Crippen LogP contribution in [0.5, 0.6) is 0 Å². The van der Waals surface area contributed by atoms with E-state index in [0.717, 1.165) is 99.6 Å². The van der Waals surface area contributed by atoms with Crippen molar-refractivity contribution in [2.24, 2.45) is 0 Å². The van der Waals surface area contributed by atoms with E-state index >= 15 is 0 Å². The van der Waals surface area contributed by atoms with Gasteiger partial charge in [0.05, 0.1) is 37.0 Å². The summed E-state index contributed by atoms with van der Waals surface area (Å²) >= 11 is 22.9. The predicted octanol–water partition coefficient (Wildman–Crippen LogP) is 12.1. The minimum Gasteiger partial charge on any atom is -0.268 e. The molecule has 0 saturated carbocycles. The zero-order valence-electron chi connectivity index (χ0n) is 29.8. The van der Waals surface area contributed by atoms with Crippen LogP contribution in [-0.4, -0.2) is 37.5 Å². The number of hydrogen-bond donors (Lipinski definition) is 0. The van der Waals surface area contributed by atoms with Crippen molar-refractivity contribution in [2.75, 3.05) is 0 Å². The third kappa shape index (κ3) is 4.17. The summed E-state index contributed by atoms with van der Waals surface area (Å²) in [6, 6.07) is 11.4. The highest BCUT2D eigenvalue weighted by atomic mass is 79.9. The molecule has 0 aliphatic carbocycles. The molecule has 296 valence electrons. The van der Waals surface area contributed by atoms with E-state index in [2.05, 4.69) is 63.7 Å². The van der Waals surface area contributed by atoms with Gasteiger partial charge in [0.1, 0.15) is 51.0 Å². The van der Waals surface area contributed by atoms with Crippen molar-refractivity contribution >= 4 is 258 Å². The van der Waals surface area contributed by atoms with Gasteiger partial charge in [0, 0.05) is 53.8 Å². The van der Waals surface area contributed by atoms with E-state index < -0.39 is 0 Å². The van der Waals surface area contributed by atoms with E-state index in [1.165, 1.54) is 68.0 Å². The van der Waals surface area contributed by atoms with Crippen LogP contribution < -0.4 is 22.2 Å². The van der Waals surface area contributed by atoms with E-state index in [1.54, 1.807) is 17.6 Å². The van der Waals surface area contributed by atoms with Crippen molar-refractivity contribution in [2.45, 2.75) is 0 Å². The van der Waals surface area contributed by atoms with E-state index in [9.17, 15) is 19.2 Å². The lowest BCUT2D eigenvalue weighted by atomic mass is 10.0. The third-order valence-electron chi connectivity index (χ3n) is 11.6. The van der Waals surface area contributed by atoms with E-state index in [4.69, 9.17) is 19.9 Å². The van der Waals surface area contributed by atoms with Crippen molar-refractivity contribution in [3.8, 4) is 0 Å². The Morgan fingerprint density at radius 1 is 0.419 bits per heavy atom. The first-order valence-electron chi connectivity index (χ1n) is 18.1. The molecule has 0 atom stereocenters. The Labute approximate surface area is 396 Å². The third-order valence-corrected chi connectivity index (χ3v) is 20.5. The lowest BCUT2D eigenvalue weighted by Crippen LogP contribution is -2.13. The first kappa shape index (κ1) is 36.0. The van der Waals surface area contributed by atoms with Crippen LogP contribution in [0, 0.1) is 0 Å². The van der Waals surface area contributed by atoms with Crippen LogP contribution in [0.3, 0.4) is 0 Å². The van der Waals surface area contributed by atoms with Gasteiger partial charge in [-0.1, -0.05) is 0 Å². The smallest absolute Gasteiger partial charge is 0.268 e. The van der Waals surface area contributed by atoms with E-state index in [1.807, 2.05) is 47.2 Å². The van der Waals surface area contributed by atoms with Crippen LogP contribution in [0.4, 0.5) is 0 Å². The Bertz CT molecular complexity index is 4990. The molecule has 0 aliphatic heterocycles. The molecule has 16 aromatic rings. The van der Waals surface area contributed by atoms with Crippen molar-refractivity contribution in [3.63, 3.8) is 0 Å². The van der Waals surface area contributed by atoms with Gasteiger partial charge in [0.25, 0.3) is 22.2 Å². The number of imidazole rings is 4. The molecule has 0 radical (unpaired) electrons. The summed E-state index contributed by atoms with van der Waals surface area (Å²) in [7, 11) is 0. The molecule has 0 saturated heterocycles. The van der Waals surface area contributed by atoms with Crippen LogP contribution >= 0.6 is 132 Å². The molecule has 62 heavy (non-hydrogen) atoms. The van der Waals surface area contributed by atoms with Crippen molar-refractivity contribution < 1.29 is 0 Å². The normalized spacial score (nSPS) is 13.1. The summed E-state index contributed by atoms with van der Waals surface area (Å²) in [5.74, 6) is 0. The topological polar surface area (TPSA) is 137 Å². The molecule has 16 rings (SSSR count). The summed E-state index contributed by atoms with van der Waals surface area (Å²) in [5, 5.41) is 10.1. The van der Waals surface area contributed by atoms with Gasteiger partial charge in [-0.25, -0.2) is 19.9 Å². The molecular weight excluding hydrogens is 1170 g/mol. The molecule has 0 spiro atoms. The van der Waals surface area contributed by atoms with Gasteiger partial charge in [-0.3, -0.25) is 36.8 Å². The van der Waals surface area contributed by atoms with Crippen molar-refractivity contribution in [1.29, 1.82) is 0 Å². The van der Waals surface area contributed by atoms with Crippen LogP contribution in [0.25, 0.3) is 126 Å². The Morgan fingerprint density at radius 3 is 1.37 bits per heavy atom. The van der Waals surface area contributed by atoms with Gasteiger partial charge in [-0.2, -0.15) is 0 Å². The first-order valence-corrected chi connectivity index (χ1v) is 26.3. The zero-order valence-corrected chi connectivity index (χ0v) is 41.0. The van der Waals surface area contributed by atoms with Crippen LogP contribution in [-0.2, 0) is 0 Å². The van der Waals surface area contributed by atoms with Gasteiger partial charge in [0.15, 0.2) is 11.3 Å². The monoisotopic (exact) mass is 1170 g/mol.